The molecular formula is C11H15F3N2O4S. The molecule has 0 saturated heterocycles. The maximum atomic E-state index is 10.7. The quantitative estimate of drug-likeness (QED) is 0.382. The van der Waals surface area contributed by atoms with Crippen LogP contribution in [-0.2, 0) is 10.1 Å². The molecule has 10 heteroatoms. The molecule has 0 aliphatic rings. The second-order valence-electron chi connectivity index (χ2n) is 3.48. The van der Waals surface area contributed by atoms with E-state index in [4.69, 9.17) is 17.7 Å². The number of ether oxygens (including phenoxy) is 1. The van der Waals surface area contributed by atoms with Gasteiger partial charge in [-0.1, -0.05) is 6.58 Å². The maximum absolute atomic E-state index is 10.7. The molecule has 1 aromatic carbocycles. The highest BCUT2D eigenvalue weighted by Crippen LogP contribution is 2.20. The number of benzene rings is 1. The van der Waals surface area contributed by atoms with Crippen molar-refractivity contribution in [2.24, 2.45) is 0 Å². The van der Waals surface area contributed by atoms with Crippen molar-refractivity contribution >= 4 is 15.8 Å². The van der Waals surface area contributed by atoms with E-state index >= 15 is 0 Å². The number of alkyl halides is 3. The Labute approximate surface area is 120 Å². The molecule has 0 aliphatic carbocycles. The molecule has 0 unspecified atom stereocenters. The van der Waals surface area contributed by atoms with Crippen molar-refractivity contribution in [3.05, 3.63) is 37.1 Å². The highest BCUT2D eigenvalue weighted by Gasteiger charge is 2.44. The summed E-state index contributed by atoms with van der Waals surface area (Å²) in [7, 11) is -2.02. The van der Waals surface area contributed by atoms with E-state index in [1.165, 1.54) is 6.26 Å². The van der Waals surface area contributed by atoms with E-state index in [1.807, 2.05) is 43.4 Å². The molecule has 6 nitrogen and oxygen atoms in total. The van der Waals surface area contributed by atoms with Crippen molar-refractivity contribution in [2.75, 3.05) is 19.1 Å². The first-order chi connectivity index (χ1) is 9.52. The number of anilines is 1. The second kappa shape index (κ2) is 7.86. The number of hydrogen-bond acceptors (Lipinski definition) is 5. The number of rotatable bonds is 4. The Morgan fingerprint density at radius 2 is 1.76 bits per heavy atom. The molecule has 0 fully saturated rings. The Balaban J connectivity index is 0.000000433. The summed E-state index contributed by atoms with van der Waals surface area (Å²) < 4.78 is 62.6. The summed E-state index contributed by atoms with van der Waals surface area (Å²) in [5, 5.41) is 1.91. The van der Waals surface area contributed by atoms with Crippen LogP contribution in [0.4, 0.5) is 18.9 Å². The van der Waals surface area contributed by atoms with E-state index in [0.29, 0.717) is 0 Å². The van der Waals surface area contributed by atoms with Crippen molar-refractivity contribution < 1.29 is 30.9 Å². The van der Waals surface area contributed by atoms with Gasteiger partial charge < -0.3 is 9.75 Å². The normalized spacial score (nSPS) is 11.1. The van der Waals surface area contributed by atoms with Gasteiger partial charge in [0.05, 0.1) is 11.9 Å². The van der Waals surface area contributed by atoms with Gasteiger partial charge in [-0.05, 0) is 24.3 Å². The highest BCUT2D eigenvalue weighted by molar-refractivity contribution is 7.86. The summed E-state index contributed by atoms with van der Waals surface area (Å²) in [5.41, 5.74) is -1.45. The first kappa shape index (κ1) is 19.2. The lowest BCUT2D eigenvalue weighted by Gasteiger charge is -2.17. The Hall–Kier alpha value is -1.78. The lowest BCUT2D eigenvalue weighted by atomic mass is 10.3. The fourth-order valence-corrected chi connectivity index (χ4v) is 0.974. The first-order valence-electron chi connectivity index (χ1n) is 5.35. The highest BCUT2D eigenvalue weighted by atomic mass is 32.2. The Morgan fingerprint density at radius 1 is 1.33 bits per heavy atom. The van der Waals surface area contributed by atoms with Crippen LogP contribution in [0.1, 0.15) is 0 Å². The average molecular weight is 328 g/mol. The van der Waals surface area contributed by atoms with Gasteiger partial charge in [0, 0.05) is 14.1 Å². The third-order valence-electron chi connectivity index (χ3n) is 2.07. The predicted molar refractivity (Wildman–Crippen MR) is 72.3 cm³/mol. The summed E-state index contributed by atoms with van der Waals surface area (Å²) >= 11 is 0. The van der Waals surface area contributed by atoms with Crippen LogP contribution in [0, 0.1) is 0 Å². The molecule has 1 rings (SSSR count). The zero-order valence-corrected chi connectivity index (χ0v) is 12.1. The van der Waals surface area contributed by atoms with Gasteiger partial charge in [-0.15, -0.1) is 0 Å². The Bertz CT molecular complexity index is 544. The largest absolute Gasteiger partial charge is 0.522 e. The summed E-state index contributed by atoms with van der Waals surface area (Å²) in [4.78, 5) is 0. The molecule has 1 aromatic rings. The van der Waals surface area contributed by atoms with E-state index in [9.17, 15) is 13.2 Å². The predicted octanol–water partition coefficient (Wildman–Crippen LogP) is 2.17. The molecule has 0 amide bonds. The monoisotopic (exact) mass is 328 g/mol. The zero-order chi connectivity index (χ0) is 16.7. The molecule has 0 aliphatic heterocycles. The minimum absolute atomic E-state index is 0.795. The number of nitrogens with zero attached hydrogens (tertiary/aromatic N) is 1. The third kappa shape index (κ3) is 6.97. The number of halogens is 3. The standard InChI is InChI=1S/C10H14N2O.CHF3O3S/c1-4-13-10-7-5-9(6-8-10)12(3)11-2;2-1(3,4)8(5,6)7/h4-8,11H,1H2,2-3H3;(H,5,6,7). The average Bonchev–Trinajstić information content (AvgIpc) is 2.37. The number of nitrogens with one attached hydrogen (secondary N) is 1. The molecule has 0 spiro atoms. The van der Waals surface area contributed by atoms with Crippen LogP contribution in [0.2, 0.25) is 0 Å². The van der Waals surface area contributed by atoms with Gasteiger partial charge in [-0.25, -0.2) is 5.43 Å². The van der Waals surface area contributed by atoms with Crippen LogP contribution >= 0.6 is 0 Å². The minimum Gasteiger partial charge on any atom is -0.466 e. The molecule has 0 heterocycles. The lowest BCUT2D eigenvalue weighted by molar-refractivity contribution is -0.0510. The van der Waals surface area contributed by atoms with Crippen LogP contribution < -0.4 is 15.2 Å². The van der Waals surface area contributed by atoms with Gasteiger partial charge in [-0.2, -0.15) is 21.6 Å². The molecule has 0 aromatic heterocycles. The maximum Gasteiger partial charge on any atom is 0.522 e. The van der Waals surface area contributed by atoms with Gasteiger partial charge >= 0.3 is 15.6 Å². The van der Waals surface area contributed by atoms with Crippen molar-refractivity contribution in [1.29, 1.82) is 0 Å². The van der Waals surface area contributed by atoms with Crippen molar-refractivity contribution in [3.8, 4) is 5.75 Å². The summed E-state index contributed by atoms with van der Waals surface area (Å²) in [6, 6.07) is 7.72. The number of hydrogen-bond donors (Lipinski definition) is 2. The second-order valence-corrected chi connectivity index (χ2v) is 4.89. The third-order valence-corrected chi connectivity index (χ3v) is 2.66. The Morgan fingerprint density at radius 3 is 2.05 bits per heavy atom. The van der Waals surface area contributed by atoms with Crippen LogP contribution in [-0.4, -0.2) is 32.6 Å². The molecular weight excluding hydrogens is 313 g/mol. The van der Waals surface area contributed by atoms with Crippen LogP contribution in [0.25, 0.3) is 0 Å². The van der Waals surface area contributed by atoms with E-state index in [-0.39, 0.29) is 0 Å². The smallest absolute Gasteiger partial charge is 0.466 e. The van der Waals surface area contributed by atoms with Crippen LogP contribution in [0.3, 0.4) is 0 Å². The van der Waals surface area contributed by atoms with Gasteiger partial charge in [-0.3, -0.25) is 4.55 Å². The van der Waals surface area contributed by atoms with E-state index in [0.717, 1.165) is 11.4 Å². The van der Waals surface area contributed by atoms with Crippen molar-refractivity contribution in [3.63, 3.8) is 0 Å². The molecule has 0 saturated carbocycles. The zero-order valence-electron chi connectivity index (χ0n) is 11.3. The Kier molecular flexibility index (Phi) is 7.19. The van der Waals surface area contributed by atoms with E-state index < -0.39 is 15.6 Å². The van der Waals surface area contributed by atoms with Crippen LogP contribution in [0.5, 0.6) is 5.75 Å². The lowest BCUT2D eigenvalue weighted by Crippen LogP contribution is -2.30. The molecule has 0 bridgehead atoms. The molecule has 0 atom stereocenters. The summed E-state index contributed by atoms with van der Waals surface area (Å²) in [5.74, 6) is 0.795. The number of hydrazine groups is 1. The van der Waals surface area contributed by atoms with Gasteiger partial charge in [0.25, 0.3) is 0 Å². The molecule has 120 valence electrons. The molecule has 2 N–H and O–H groups in total. The van der Waals surface area contributed by atoms with Gasteiger partial charge in [0.15, 0.2) is 0 Å². The van der Waals surface area contributed by atoms with Crippen molar-refractivity contribution in [2.45, 2.75) is 5.51 Å². The topological polar surface area (TPSA) is 78.9 Å². The van der Waals surface area contributed by atoms with E-state index in [1.54, 1.807) is 0 Å². The summed E-state index contributed by atoms with van der Waals surface area (Å²) in [6.45, 7) is 3.48. The fourth-order valence-electron chi connectivity index (χ4n) is 0.974. The van der Waals surface area contributed by atoms with Gasteiger partial charge in [0.2, 0.25) is 0 Å². The first-order valence-corrected chi connectivity index (χ1v) is 6.79. The van der Waals surface area contributed by atoms with Gasteiger partial charge in [0.1, 0.15) is 5.75 Å². The van der Waals surface area contributed by atoms with E-state index in [2.05, 4.69) is 12.0 Å². The van der Waals surface area contributed by atoms with Crippen molar-refractivity contribution in [1.82, 2.24) is 5.43 Å². The SMILES string of the molecule is C=COc1ccc(N(C)NC)cc1.O=S(=O)(O)C(F)(F)F. The minimum atomic E-state index is -5.84. The summed E-state index contributed by atoms with van der Waals surface area (Å²) in [6.07, 6.45) is 1.41. The molecule has 21 heavy (non-hydrogen) atoms. The molecule has 0 radical (unpaired) electrons. The fraction of sp³-hybridized carbons (Fsp3) is 0.273. The van der Waals surface area contributed by atoms with Crippen LogP contribution in [0.15, 0.2) is 37.1 Å².